The maximum absolute atomic E-state index is 11.7. The molecule has 1 aliphatic rings. The second-order valence-corrected chi connectivity index (χ2v) is 5.15. The molecule has 0 bridgehead atoms. The maximum Gasteiger partial charge on any atom is 0.224 e. The highest BCUT2D eigenvalue weighted by Crippen LogP contribution is 2.10. The molecule has 2 amide bonds. The molecule has 0 aliphatic carbocycles. The second-order valence-electron chi connectivity index (χ2n) is 5.15. The first kappa shape index (κ1) is 15.0. The molecule has 1 unspecified atom stereocenters. The number of amides is 2. The zero-order valence-electron chi connectivity index (χ0n) is 11.3. The van der Waals surface area contributed by atoms with Gasteiger partial charge in [0, 0.05) is 32.7 Å². The first-order chi connectivity index (χ1) is 8.59. The summed E-state index contributed by atoms with van der Waals surface area (Å²) in [5.74, 6) is 0.560. The summed E-state index contributed by atoms with van der Waals surface area (Å²) in [6.07, 6.45) is 1.94. The van der Waals surface area contributed by atoms with Crippen molar-refractivity contribution in [3.63, 3.8) is 0 Å². The Kier molecular flexibility index (Phi) is 6.72. The summed E-state index contributed by atoms with van der Waals surface area (Å²) in [4.78, 5) is 22.7. The van der Waals surface area contributed by atoms with Crippen LogP contribution in [-0.2, 0) is 14.3 Å². The van der Waals surface area contributed by atoms with Gasteiger partial charge in [-0.1, -0.05) is 13.8 Å². The Bertz CT molecular complexity index is 269. The number of hydrogen-bond donors (Lipinski definition) is 2. The number of rotatable bonds is 7. The molecule has 0 radical (unpaired) electrons. The van der Waals surface area contributed by atoms with Crippen molar-refractivity contribution in [2.75, 3.05) is 26.3 Å². The van der Waals surface area contributed by atoms with E-state index in [1.807, 2.05) is 0 Å². The normalized spacial score (nSPS) is 19.7. The third-order valence-electron chi connectivity index (χ3n) is 2.85. The van der Waals surface area contributed by atoms with Crippen LogP contribution in [0.2, 0.25) is 0 Å². The van der Waals surface area contributed by atoms with Gasteiger partial charge in [0.05, 0.1) is 5.92 Å². The molecule has 2 N–H and O–H groups in total. The van der Waals surface area contributed by atoms with Crippen LogP contribution in [0.3, 0.4) is 0 Å². The lowest BCUT2D eigenvalue weighted by atomic mass is 9.98. The summed E-state index contributed by atoms with van der Waals surface area (Å²) < 4.78 is 5.43. The van der Waals surface area contributed by atoms with Gasteiger partial charge in [-0.3, -0.25) is 9.59 Å². The predicted octanol–water partition coefficient (Wildman–Crippen LogP) is 0.692. The van der Waals surface area contributed by atoms with Crippen LogP contribution in [0.15, 0.2) is 0 Å². The zero-order chi connectivity index (χ0) is 13.4. The van der Waals surface area contributed by atoms with Crippen molar-refractivity contribution in [1.29, 1.82) is 0 Å². The van der Waals surface area contributed by atoms with Gasteiger partial charge in [0.15, 0.2) is 0 Å². The molecule has 5 heteroatoms. The summed E-state index contributed by atoms with van der Waals surface area (Å²) >= 11 is 0. The Labute approximate surface area is 109 Å². The highest BCUT2D eigenvalue weighted by Gasteiger charge is 2.23. The van der Waals surface area contributed by atoms with E-state index in [2.05, 4.69) is 24.5 Å². The highest BCUT2D eigenvalue weighted by atomic mass is 16.5. The van der Waals surface area contributed by atoms with Crippen LogP contribution in [0.25, 0.3) is 0 Å². The van der Waals surface area contributed by atoms with Crippen LogP contribution >= 0.6 is 0 Å². The van der Waals surface area contributed by atoms with Crippen LogP contribution in [0.4, 0.5) is 0 Å². The van der Waals surface area contributed by atoms with Crippen molar-refractivity contribution in [1.82, 2.24) is 10.6 Å². The van der Waals surface area contributed by atoms with Crippen molar-refractivity contribution in [2.24, 2.45) is 11.8 Å². The van der Waals surface area contributed by atoms with Crippen LogP contribution in [0.1, 0.15) is 33.1 Å². The molecule has 1 aliphatic heterocycles. The summed E-state index contributed by atoms with van der Waals surface area (Å²) in [7, 11) is 0. The van der Waals surface area contributed by atoms with Crippen molar-refractivity contribution >= 4 is 11.8 Å². The van der Waals surface area contributed by atoms with E-state index in [4.69, 9.17) is 4.74 Å². The molecule has 18 heavy (non-hydrogen) atoms. The zero-order valence-corrected chi connectivity index (χ0v) is 11.3. The van der Waals surface area contributed by atoms with E-state index in [0.29, 0.717) is 38.5 Å². The predicted molar refractivity (Wildman–Crippen MR) is 69.0 cm³/mol. The molecule has 5 nitrogen and oxygen atoms in total. The van der Waals surface area contributed by atoms with Gasteiger partial charge < -0.3 is 15.4 Å². The molecule has 1 rings (SSSR count). The van der Waals surface area contributed by atoms with E-state index >= 15 is 0 Å². The standard InChI is InChI=1S/C13H24N2O3/c1-10(2)9-18-7-3-6-14-13(17)11-4-5-12(16)15-8-11/h10-11H,3-9H2,1-2H3,(H,14,17)(H,15,16). The van der Waals surface area contributed by atoms with Crippen molar-refractivity contribution < 1.29 is 14.3 Å². The van der Waals surface area contributed by atoms with Gasteiger partial charge in [-0.25, -0.2) is 0 Å². The molecular weight excluding hydrogens is 232 g/mol. The second kappa shape index (κ2) is 8.08. The summed E-state index contributed by atoms with van der Waals surface area (Å²) in [6.45, 7) is 6.77. The van der Waals surface area contributed by atoms with E-state index in [0.717, 1.165) is 13.0 Å². The Morgan fingerprint density at radius 2 is 2.33 bits per heavy atom. The number of carbonyl (C=O) groups is 2. The summed E-state index contributed by atoms with van der Waals surface area (Å²) in [6, 6.07) is 0. The van der Waals surface area contributed by atoms with Gasteiger partial charge in [-0.15, -0.1) is 0 Å². The monoisotopic (exact) mass is 256 g/mol. The lowest BCUT2D eigenvalue weighted by Crippen LogP contribution is -2.43. The molecule has 0 aromatic rings. The molecular formula is C13H24N2O3. The molecule has 0 saturated carbocycles. The van der Waals surface area contributed by atoms with E-state index in [-0.39, 0.29) is 17.7 Å². The van der Waals surface area contributed by atoms with Gasteiger partial charge in [0.1, 0.15) is 0 Å². The van der Waals surface area contributed by atoms with Gasteiger partial charge in [-0.2, -0.15) is 0 Å². The first-order valence-electron chi connectivity index (χ1n) is 6.71. The fraction of sp³-hybridized carbons (Fsp3) is 0.846. The maximum atomic E-state index is 11.7. The van der Waals surface area contributed by atoms with Crippen LogP contribution in [0.5, 0.6) is 0 Å². The number of nitrogens with one attached hydrogen (secondary N) is 2. The fourth-order valence-corrected chi connectivity index (χ4v) is 1.81. The topological polar surface area (TPSA) is 67.4 Å². The van der Waals surface area contributed by atoms with Gasteiger partial charge in [0.2, 0.25) is 11.8 Å². The lowest BCUT2D eigenvalue weighted by molar-refractivity contribution is -0.128. The smallest absolute Gasteiger partial charge is 0.224 e. The largest absolute Gasteiger partial charge is 0.381 e. The van der Waals surface area contributed by atoms with Crippen molar-refractivity contribution in [2.45, 2.75) is 33.1 Å². The quantitative estimate of drug-likeness (QED) is 0.659. The van der Waals surface area contributed by atoms with Gasteiger partial charge >= 0.3 is 0 Å². The van der Waals surface area contributed by atoms with Crippen LogP contribution in [0, 0.1) is 11.8 Å². The van der Waals surface area contributed by atoms with Crippen LogP contribution in [-0.4, -0.2) is 38.1 Å². The molecule has 1 atom stereocenters. The van der Waals surface area contributed by atoms with Crippen molar-refractivity contribution in [3.8, 4) is 0 Å². The summed E-state index contributed by atoms with van der Waals surface area (Å²) in [5.41, 5.74) is 0. The minimum atomic E-state index is -0.0701. The third-order valence-corrected chi connectivity index (χ3v) is 2.85. The van der Waals surface area contributed by atoms with E-state index in [1.165, 1.54) is 0 Å². The molecule has 0 spiro atoms. The number of piperidine rings is 1. The number of carbonyl (C=O) groups excluding carboxylic acids is 2. The Balaban J connectivity index is 2.01. The Morgan fingerprint density at radius 3 is 2.94 bits per heavy atom. The lowest BCUT2D eigenvalue weighted by Gasteiger charge is -2.21. The third kappa shape index (κ3) is 6.00. The molecule has 1 heterocycles. The van der Waals surface area contributed by atoms with E-state index in [9.17, 15) is 9.59 Å². The SMILES string of the molecule is CC(C)COCCCNC(=O)C1CCC(=O)NC1. The first-order valence-corrected chi connectivity index (χ1v) is 6.71. The minimum absolute atomic E-state index is 0.0406. The van der Waals surface area contributed by atoms with Gasteiger partial charge in [-0.05, 0) is 18.8 Å². The van der Waals surface area contributed by atoms with E-state index in [1.54, 1.807) is 0 Å². The van der Waals surface area contributed by atoms with E-state index < -0.39 is 0 Å². The van der Waals surface area contributed by atoms with Crippen molar-refractivity contribution in [3.05, 3.63) is 0 Å². The summed E-state index contributed by atoms with van der Waals surface area (Å²) in [5, 5.41) is 5.60. The fourth-order valence-electron chi connectivity index (χ4n) is 1.81. The molecule has 1 saturated heterocycles. The average molecular weight is 256 g/mol. The van der Waals surface area contributed by atoms with Crippen LogP contribution < -0.4 is 10.6 Å². The minimum Gasteiger partial charge on any atom is -0.381 e. The number of hydrogen-bond acceptors (Lipinski definition) is 3. The highest BCUT2D eigenvalue weighted by molar-refractivity contribution is 5.83. The van der Waals surface area contributed by atoms with Gasteiger partial charge in [0.25, 0.3) is 0 Å². The Hall–Kier alpha value is -1.10. The molecule has 0 aromatic heterocycles. The average Bonchev–Trinajstić information content (AvgIpc) is 2.34. The number of ether oxygens (including phenoxy) is 1. The molecule has 104 valence electrons. The Morgan fingerprint density at radius 1 is 1.56 bits per heavy atom. The molecule has 1 fully saturated rings. The molecule has 0 aromatic carbocycles.